The van der Waals surface area contributed by atoms with Gasteiger partial charge >= 0.3 is 0 Å². The van der Waals surface area contributed by atoms with Crippen molar-refractivity contribution in [3.8, 4) is 5.75 Å². The SMILES string of the molecule is CC(C)(ON)c1ccccc1O. The van der Waals surface area contributed by atoms with Crippen LogP contribution in [0.5, 0.6) is 5.75 Å². The Morgan fingerprint density at radius 1 is 1.33 bits per heavy atom. The average Bonchev–Trinajstić information content (AvgIpc) is 2.05. The predicted molar refractivity (Wildman–Crippen MR) is 46.4 cm³/mol. The van der Waals surface area contributed by atoms with Gasteiger partial charge in [0.15, 0.2) is 0 Å². The van der Waals surface area contributed by atoms with Crippen LogP contribution in [0.4, 0.5) is 0 Å². The topological polar surface area (TPSA) is 55.5 Å². The monoisotopic (exact) mass is 167 g/mol. The van der Waals surface area contributed by atoms with Crippen molar-refractivity contribution >= 4 is 0 Å². The molecule has 0 aliphatic carbocycles. The van der Waals surface area contributed by atoms with Crippen LogP contribution < -0.4 is 5.90 Å². The zero-order valence-corrected chi connectivity index (χ0v) is 7.24. The first kappa shape index (κ1) is 9.03. The number of nitrogens with two attached hydrogens (primary N) is 1. The number of phenols is 1. The van der Waals surface area contributed by atoms with Crippen molar-refractivity contribution in [1.82, 2.24) is 0 Å². The van der Waals surface area contributed by atoms with Crippen LogP contribution in [0.3, 0.4) is 0 Å². The summed E-state index contributed by atoms with van der Waals surface area (Å²) in [5.41, 5.74) is 0.0400. The number of rotatable bonds is 2. The van der Waals surface area contributed by atoms with Crippen LogP contribution >= 0.6 is 0 Å². The molecule has 3 N–H and O–H groups in total. The molecule has 12 heavy (non-hydrogen) atoms. The third-order valence-corrected chi connectivity index (χ3v) is 1.85. The zero-order valence-electron chi connectivity index (χ0n) is 7.24. The normalized spacial score (nSPS) is 11.6. The van der Waals surface area contributed by atoms with Crippen molar-refractivity contribution in [2.75, 3.05) is 0 Å². The second kappa shape index (κ2) is 3.13. The third kappa shape index (κ3) is 1.57. The third-order valence-electron chi connectivity index (χ3n) is 1.85. The molecule has 0 unspecified atom stereocenters. The van der Waals surface area contributed by atoms with E-state index in [1.54, 1.807) is 32.0 Å². The number of para-hydroxylation sites is 1. The minimum atomic E-state index is -0.647. The summed E-state index contributed by atoms with van der Waals surface area (Å²) in [7, 11) is 0. The molecule has 0 aromatic heterocycles. The summed E-state index contributed by atoms with van der Waals surface area (Å²) in [5.74, 6) is 5.30. The summed E-state index contributed by atoms with van der Waals surface area (Å²) >= 11 is 0. The summed E-state index contributed by atoms with van der Waals surface area (Å²) in [5, 5.41) is 9.44. The lowest BCUT2D eigenvalue weighted by molar-refractivity contribution is -0.0250. The molecule has 0 atom stereocenters. The van der Waals surface area contributed by atoms with Crippen LogP contribution in [-0.4, -0.2) is 5.11 Å². The molecule has 0 heterocycles. The Hall–Kier alpha value is -1.06. The second-order valence-electron chi connectivity index (χ2n) is 3.15. The molecule has 0 amide bonds. The molecular formula is C9H13NO2. The number of hydrogen-bond acceptors (Lipinski definition) is 3. The molecule has 3 heteroatoms. The van der Waals surface area contributed by atoms with E-state index in [0.29, 0.717) is 5.56 Å². The fraction of sp³-hybridized carbons (Fsp3) is 0.333. The van der Waals surface area contributed by atoms with Gasteiger partial charge in [0.1, 0.15) is 11.4 Å². The lowest BCUT2D eigenvalue weighted by atomic mass is 9.97. The molecule has 0 saturated heterocycles. The highest BCUT2D eigenvalue weighted by Gasteiger charge is 2.23. The molecular weight excluding hydrogens is 154 g/mol. The minimum Gasteiger partial charge on any atom is -0.508 e. The summed E-state index contributed by atoms with van der Waals surface area (Å²) in [6.07, 6.45) is 0. The zero-order chi connectivity index (χ0) is 9.19. The van der Waals surface area contributed by atoms with Crippen LogP contribution in [0.25, 0.3) is 0 Å². The maximum Gasteiger partial charge on any atom is 0.121 e. The van der Waals surface area contributed by atoms with E-state index in [0.717, 1.165) is 0 Å². The van der Waals surface area contributed by atoms with Gasteiger partial charge in [-0.25, -0.2) is 5.90 Å². The first-order valence-corrected chi connectivity index (χ1v) is 3.74. The first-order valence-electron chi connectivity index (χ1n) is 3.74. The van der Waals surface area contributed by atoms with Gasteiger partial charge in [0.05, 0.1) is 0 Å². The van der Waals surface area contributed by atoms with E-state index in [9.17, 15) is 5.11 Å². The maximum atomic E-state index is 9.44. The van der Waals surface area contributed by atoms with Crippen LogP contribution in [0, 0.1) is 0 Å². The number of hydrogen-bond donors (Lipinski definition) is 2. The van der Waals surface area contributed by atoms with E-state index in [1.165, 1.54) is 0 Å². The average molecular weight is 167 g/mol. The minimum absolute atomic E-state index is 0.202. The number of phenolic OH excluding ortho intramolecular Hbond substituents is 1. The van der Waals surface area contributed by atoms with E-state index in [4.69, 9.17) is 10.7 Å². The van der Waals surface area contributed by atoms with Crippen molar-refractivity contribution in [2.24, 2.45) is 5.90 Å². The van der Waals surface area contributed by atoms with Gasteiger partial charge in [0.25, 0.3) is 0 Å². The van der Waals surface area contributed by atoms with E-state index in [2.05, 4.69) is 0 Å². The maximum absolute atomic E-state index is 9.44. The summed E-state index contributed by atoms with van der Waals surface area (Å²) in [6, 6.07) is 6.97. The Labute approximate surface area is 71.7 Å². The van der Waals surface area contributed by atoms with E-state index in [-0.39, 0.29) is 5.75 Å². The lowest BCUT2D eigenvalue weighted by Gasteiger charge is -2.22. The quantitative estimate of drug-likeness (QED) is 0.656. The van der Waals surface area contributed by atoms with Gasteiger partial charge in [0.2, 0.25) is 0 Å². The molecule has 3 nitrogen and oxygen atoms in total. The molecule has 0 fully saturated rings. The summed E-state index contributed by atoms with van der Waals surface area (Å²) in [4.78, 5) is 4.74. The molecule has 0 bridgehead atoms. The van der Waals surface area contributed by atoms with Crippen LogP contribution in [0.2, 0.25) is 0 Å². The van der Waals surface area contributed by atoms with Crippen molar-refractivity contribution in [2.45, 2.75) is 19.4 Å². The Morgan fingerprint density at radius 2 is 1.92 bits per heavy atom. The first-order chi connectivity index (χ1) is 5.58. The van der Waals surface area contributed by atoms with Crippen molar-refractivity contribution < 1.29 is 9.94 Å². The highest BCUT2D eigenvalue weighted by molar-refractivity contribution is 5.35. The van der Waals surface area contributed by atoms with Gasteiger partial charge in [-0.05, 0) is 19.9 Å². The molecule has 0 aliphatic heterocycles. The highest BCUT2D eigenvalue weighted by atomic mass is 16.6. The number of aromatic hydroxyl groups is 1. The largest absolute Gasteiger partial charge is 0.508 e. The van der Waals surface area contributed by atoms with Crippen molar-refractivity contribution in [3.05, 3.63) is 29.8 Å². The summed E-state index contributed by atoms with van der Waals surface area (Å²) < 4.78 is 0. The van der Waals surface area contributed by atoms with Crippen LogP contribution in [0.15, 0.2) is 24.3 Å². The molecule has 0 radical (unpaired) electrons. The Bertz CT molecular complexity index is 271. The predicted octanol–water partition coefficient (Wildman–Crippen LogP) is 1.52. The standard InChI is InChI=1S/C9H13NO2/c1-9(2,12-10)7-5-3-4-6-8(7)11/h3-6,11H,10H2,1-2H3. The molecule has 0 aliphatic rings. The molecule has 0 saturated carbocycles. The molecule has 66 valence electrons. The van der Waals surface area contributed by atoms with Gasteiger partial charge < -0.3 is 5.11 Å². The molecule has 1 rings (SSSR count). The fourth-order valence-electron chi connectivity index (χ4n) is 1.05. The van der Waals surface area contributed by atoms with Crippen molar-refractivity contribution in [3.63, 3.8) is 0 Å². The summed E-state index contributed by atoms with van der Waals surface area (Å²) in [6.45, 7) is 3.59. The van der Waals surface area contributed by atoms with Gasteiger partial charge in [-0.15, -0.1) is 0 Å². The van der Waals surface area contributed by atoms with Gasteiger partial charge in [-0.1, -0.05) is 18.2 Å². The lowest BCUT2D eigenvalue weighted by Crippen LogP contribution is -2.25. The smallest absolute Gasteiger partial charge is 0.121 e. The molecule has 1 aromatic carbocycles. The Kier molecular flexibility index (Phi) is 2.35. The van der Waals surface area contributed by atoms with Gasteiger partial charge in [0, 0.05) is 5.56 Å². The van der Waals surface area contributed by atoms with E-state index >= 15 is 0 Å². The van der Waals surface area contributed by atoms with Gasteiger partial charge in [-0.3, -0.25) is 4.84 Å². The number of benzene rings is 1. The second-order valence-corrected chi connectivity index (χ2v) is 3.15. The Morgan fingerprint density at radius 3 is 2.42 bits per heavy atom. The van der Waals surface area contributed by atoms with E-state index < -0.39 is 5.60 Å². The highest BCUT2D eigenvalue weighted by Crippen LogP contribution is 2.29. The van der Waals surface area contributed by atoms with E-state index in [1.807, 2.05) is 6.07 Å². The molecule has 0 spiro atoms. The fourth-order valence-corrected chi connectivity index (χ4v) is 1.05. The molecule has 1 aromatic rings. The van der Waals surface area contributed by atoms with Crippen molar-refractivity contribution in [1.29, 1.82) is 0 Å². The Balaban J connectivity index is 3.10. The van der Waals surface area contributed by atoms with Gasteiger partial charge in [-0.2, -0.15) is 0 Å². The van der Waals surface area contributed by atoms with Crippen LogP contribution in [0.1, 0.15) is 19.4 Å². The van der Waals surface area contributed by atoms with Crippen LogP contribution in [-0.2, 0) is 10.4 Å².